The minimum Gasteiger partial charge on any atom is -0.481 e. The fourth-order valence-electron chi connectivity index (χ4n) is 1.87. The summed E-state index contributed by atoms with van der Waals surface area (Å²) < 4.78 is 0. The van der Waals surface area contributed by atoms with Crippen molar-refractivity contribution in [2.45, 2.75) is 33.6 Å². The summed E-state index contributed by atoms with van der Waals surface area (Å²) in [5.41, 5.74) is 2.84. The highest BCUT2D eigenvalue weighted by atomic mass is 16.4. The first-order valence-electron chi connectivity index (χ1n) is 6.54. The molecule has 1 aromatic rings. The molecular formula is C15H21NO3. The minimum absolute atomic E-state index is 0.0173. The maximum Gasteiger partial charge on any atom is 0.305 e. The number of carbonyl (C=O) groups excluding carboxylic acids is 1. The third-order valence-corrected chi connectivity index (χ3v) is 3.13. The third-order valence-electron chi connectivity index (χ3n) is 3.13. The molecule has 0 heterocycles. The third kappa shape index (κ3) is 4.39. The van der Waals surface area contributed by atoms with Gasteiger partial charge in [-0.2, -0.15) is 0 Å². The highest BCUT2D eigenvalue weighted by Crippen LogP contribution is 2.12. The number of carboxylic acids is 1. The summed E-state index contributed by atoms with van der Waals surface area (Å²) >= 11 is 0. The molecule has 1 aromatic carbocycles. The Morgan fingerprint density at radius 1 is 1.16 bits per heavy atom. The molecule has 1 amide bonds. The topological polar surface area (TPSA) is 57.6 Å². The lowest BCUT2D eigenvalue weighted by Gasteiger charge is -2.21. The quantitative estimate of drug-likeness (QED) is 0.858. The van der Waals surface area contributed by atoms with Gasteiger partial charge < -0.3 is 10.0 Å². The van der Waals surface area contributed by atoms with Crippen LogP contribution in [0.2, 0.25) is 0 Å². The van der Waals surface area contributed by atoms with Gasteiger partial charge in [-0.15, -0.1) is 0 Å². The van der Waals surface area contributed by atoms with E-state index in [1.165, 1.54) is 0 Å². The van der Waals surface area contributed by atoms with E-state index in [1.807, 2.05) is 32.9 Å². The highest BCUT2D eigenvalue weighted by Gasteiger charge is 2.16. The van der Waals surface area contributed by atoms with Crippen molar-refractivity contribution in [3.8, 4) is 0 Å². The van der Waals surface area contributed by atoms with Gasteiger partial charge in [0.15, 0.2) is 0 Å². The van der Waals surface area contributed by atoms with Crippen LogP contribution >= 0.6 is 0 Å². The van der Waals surface area contributed by atoms with E-state index in [4.69, 9.17) is 5.11 Å². The molecule has 0 spiro atoms. The van der Waals surface area contributed by atoms with Crippen LogP contribution in [0.1, 0.15) is 41.3 Å². The SMILES string of the molecule is CCCN(CCC(=O)O)C(=O)c1ccc(C)c(C)c1. The average Bonchev–Trinajstić information content (AvgIpc) is 2.36. The maximum absolute atomic E-state index is 12.3. The van der Waals surface area contributed by atoms with Gasteiger partial charge >= 0.3 is 5.97 Å². The molecule has 0 fully saturated rings. The number of carboxylic acid groups (broad SMARTS) is 1. The van der Waals surface area contributed by atoms with Gasteiger partial charge in [-0.1, -0.05) is 13.0 Å². The molecule has 0 bridgehead atoms. The summed E-state index contributed by atoms with van der Waals surface area (Å²) in [6.07, 6.45) is 0.798. The van der Waals surface area contributed by atoms with Crippen LogP contribution in [0, 0.1) is 13.8 Å². The molecule has 0 atom stereocenters. The summed E-state index contributed by atoms with van der Waals surface area (Å²) in [5.74, 6) is -0.972. The zero-order chi connectivity index (χ0) is 14.4. The molecular weight excluding hydrogens is 242 g/mol. The second kappa shape index (κ2) is 6.92. The van der Waals surface area contributed by atoms with Crippen molar-refractivity contribution in [1.29, 1.82) is 0 Å². The van der Waals surface area contributed by atoms with E-state index in [1.54, 1.807) is 11.0 Å². The number of benzene rings is 1. The summed E-state index contributed by atoms with van der Waals surface area (Å²) in [6.45, 7) is 6.78. The Labute approximate surface area is 114 Å². The van der Waals surface area contributed by atoms with Gasteiger partial charge in [0, 0.05) is 18.7 Å². The van der Waals surface area contributed by atoms with Gasteiger partial charge in [0.25, 0.3) is 5.91 Å². The lowest BCUT2D eigenvalue weighted by Crippen LogP contribution is -2.33. The number of hydrogen-bond acceptors (Lipinski definition) is 2. The number of nitrogens with zero attached hydrogens (tertiary/aromatic N) is 1. The van der Waals surface area contributed by atoms with Gasteiger partial charge in [-0.05, 0) is 43.5 Å². The largest absolute Gasteiger partial charge is 0.481 e. The molecule has 0 unspecified atom stereocenters. The van der Waals surface area contributed by atoms with Crippen molar-refractivity contribution in [3.05, 3.63) is 34.9 Å². The average molecular weight is 263 g/mol. The van der Waals surface area contributed by atoms with Crippen LogP contribution in [-0.4, -0.2) is 35.0 Å². The first kappa shape index (κ1) is 15.2. The van der Waals surface area contributed by atoms with E-state index in [2.05, 4.69) is 0 Å². The lowest BCUT2D eigenvalue weighted by molar-refractivity contribution is -0.137. The van der Waals surface area contributed by atoms with Crippen molar-refractivity contribution in [2.24, 2.45) is 0 Å². The van der Waals surface area contributed by atoms with Crippen molar-refractivity contribution in [3.63, 3.8) is 0 Å². The molecule has 19 heavy (non-hydrogen) atoms. The second-order valence-electron chi connectivity index (χ2n) is 4.73. The zero-order valence-electron chi connectivity index (χ0n) is 11.8. The number of aryl methyl sites for hydroxylation is 2. The molecule has 0 aromatic heterocycles. The van der Waals surface area contributed by atoms with Gasteiger partial charge in [-0.25, -0.2) is 0 Å². The number of carbonyl (C=O) groups is 2. The van der Waals surface area contributed by atoms with Crippen LogP contribution in [0.15, 0.2) is 18.2 Å². The van der Waals surface area contributed by atoms with Crippen LogP contribution in [-0.2, 0) is 4.79 Å². The van der Waals surface area contributed by atoms with Gasteiger partial charge in [0.05, 0.1) is 6.42 Å². The summed E-state index contributed by atoms with van der Waals surface area (Å²) in [7, 11) is 0. The molecule has 4 nitrogen and oxygen atoms in total. The van der Waals surface area contributed by atoms with Gasteiger partial charge in [-0.3, -0.25) is 9.59 Å². The molecule has 0 saturated carbocycles. The number of aliphatic carboxylic acids is 1. The predicted octanol–water partition coefficient (Wildman–Crippen LogP) is 2.63. The first-order valence-corrected chi connectivity index (χ1v) is 6.54. The molecule has 4 heteroatoms. The Balaban J connectivity index is 2.85. The Morgan fingerprint density at radius 2 is 1.84 bits per heavy atom. The smallest absolute Gasteiger partial charge is 0.305 e. The molecule has 0 aliphatic rings. The lowest BCUT2D eigenvalue weighted by atomic mass is 10.1. The number of rotatable bonds is 6. The highest BCUT2D eigenvalue weighted by molar-refractivity contribution is 5.94. The number of amides is 1. The Hall–Kier alpha value is -1.84. The fourth-order valence-corrected chi connectivity index (χ4v) is 1.87. The van der Waals surface area contributed by atoms with E-state index in [-0.39, 0.29) is 18.9 Å². The Kier molecular flexibility index (Phi) is 5.55. The molecule has 0 aliphatic carbocycles. The molecule has 0 radical (unpaired) electrons. The van der Waals surface area contributed by atoms with Crippen LogP contribution in [0.25, 0.3) is 0 Å². The molecule has 0 aliphatic heterocycles. The maximum atomic E-state index is 12.3. The van der Waals surface area contributed by atoms with Crippen LogP contribution in [0.4, 0.5) is 0 Å². The van der Waals surface area contributed by atoms with E-state index < -0.39 is 5.97 Å². The first-order chi connectivity index (χ1) is 8.95. The zero-order valence-corrected chi connectivity index (χ0v) is 11.8. The standard InChI is InChI=1S/C15H21NO3/c1-4-8-16(9-7-14(17)18)15(19)13-6-5-11(2)12(3)10-13/h5-6,10H,4,7-9H2,1-3H3,(H,17,18). The molecule has 1 N–H and O–H groups in total. The van der Waals surface area contributed by atoms with E-state index in [0.29, 0.717) is 12.1 Å². The number of hydrogen-bond donors (Lipinski definition) is 1. The monoisotopic (exact) mass is 263 g/mol. The van der Waals surface area contributed by atoms with E-state index in [0.717, 1.165) is 17.5 Å². The van der Waals surface area contributed by atoms with Crippen LogP contribution < -0.4 is 0 Å². The van der Waals surface area contributed by atoms with Crippen LogP contribution in [0.3, 0.4) is 0 Å². The Morgan fingerprint density at radius 3 is 2.37 bits per heavy atom. The minimum atomic E-state index is -0.881. The van der Waals surface area contributed by atoms with Crippen molar-refractivity contribution < 1.29 is 14.7 Å². The van der Waals surface area contributed by atoms with Gasteiger partial charge in [0.2, 0.25) is 0 Å². The van der Waals surface area contributed by atoms with Gasteiger partial charge in [0.1, 0.15) is 0 Å². The van der Waals surface area contributed by atoms with Crippen molar-refractivity contribution >= 4 is 11.9 Å². The molecule has 104 valence electrons. The van der Waals surface area contributed by atoms with E-state index in [9.17, 15) is 9.59 Å². The molecule has 1 rings (SSSR count). The summed E-state index contributed by atoms with van der Waals surface area (Å²) in [6, 6.07) is 5.58. The second-order valence-corrected chi connectivity index (χ2v) is 4.73. The van der Waals surface area contributed by atoms with E-state index >= 15 is 0 Å². The predicted molar refractivity (Wildman–Crippen MR) is 74.4 cm³/mol. The fraction of sp³-hybridized carbons (Fsp3) is 0.467. The summed E-state index contributed by atoms with van der Waals surface area (Å²) in [4.78, 5) is 24.6. The normalized spacial score (nSPS) is 10.3. The van der Waals surface area contributed by atoms with Crippen molar-refractivity contribution in [2.75, 3.05) is 13.1 Å². The van der Waals surface area contributed by atoms with Crippen molar-refractivity contribution in [1.82, 2.24) is 4.90 Å². The molecule has 0 saturated heterocycles. The van der Waals surface area contributed by atoms with Crippen LogP contribution in [0.5, 0.6) is 0 Å². The summed E-state index contributed by atoms with van der Waals surface area (Å²) in [5, 5.41) is 8.73. The Bertz CT molecular complexity index is 468.